The number of nitrogens with zero attached hydrogens (tertiary/aromatic N) is 3. The molecule has 1 aromatic heterocycles. The highest BCUT2D eigenvalue weighted by Gasteiger charge is 2.47. The van der Waals surface area contributed by atoms with Crippen LogP contribution in [-0.4, -0.2) is 38.3 Å². The Hall–Kier alpha value is -2.35. The first kappa shape index (κ1) is 24.8. The van der Waals surface area contributed by atoms with Gasteiger partial charge in [0.2, 0.25) is 5.91 Å². The molecule has 1 amide bonds. The van der Waals surface area contributed by atoms with Gasteiger partial charge in [-0.25, -0.2) is 8.78 Å². The van der Waals surface area contributed by atoms with Crippen LogP contribution in [0.3, 0.4) is 0 Å². The third kappa shape index (κ3) is 5.32. The fraction of sp³-hybridized carbons (Fsp3) is 0.654. The smallest absolute Gasteiger partial charge is 0.280 e. The highest BCUT2D eigenvalue weighted by atomic mass is 19.3. The van der Waals surface area contributed by atoms with E-state index in [0.717, 1.165) is 49.1 Å². The molecule has 2 fully saturated rings. The number of hydrogen-bond acceptors (Lipinski definition) is 4. The Kier molecular flexibility index (Phi) is 7.08. The summed E-state index contributed by atoms with van der Waals surface area (Å²) < 4.78 is 31.9. The third-order valence-corrected chi connectivity index (χ3v) is 7.14. The lowest BCUT2D eigenvalue weighted by atomic mass is 9.71. The number of aryl methyl sites for hydroxylation is 2. The number of rotatable bonds is 10. The van der Waals surface area contributed by atoms with Gasteiger partial charge >= 0.3 is 0 Å². The predicted molar refractivity (Wildman–Crippen MR) is 127 cm³/mol. The fourth-order valence-electron chi connectivity index (χ4n) is 5.22. The fourth-order valence-corrected chi connectivity index (χ4v) is 5.22. The summed E-state index contributed by atoms with van der Waals surface area (Å²) in [5.41, 5.74) is 2.51. The number of amides is 1. The molecular weight excluding hydrogens is 438 g/mol. The molecular formula is C26H36F2N4O2. The van der Waals surface area contributed by atoms with Gasteiger partial charge in [-0.2, -0.15) is 0 Å². The molecule has 0 bridgehead atoms. The maximum Gasteiger partial charge on any atom is 0.280 e. The van der Waals surface area contributed by atoms with Crippen LogP contribution in [0, 0.1) is 25.7 Å². The van der Waals surface area contributed by atoms with E-state index in [-0.39, 0.29) is 17.8 Å². The molecule has 1 unspecified atom stereocenters. The number of carbonyl (C=O) groups excluding carboxylic acids is 1. The molecule has 2 aliphatic rings. The van der Waals surface area contributed by atoms with Crippen molar-refractivity contribution in [3.63, 3.8) is 0 Å². The number of aliphatic hydroxyl groups excluding tert-OH is 1. The molecule has 0 spiro atoms. The average Bonchev–Trinajstić information content (AvgIpc) is 3.49. The van der Waals surface area contributed by atoms with Crippen LogP contribution in [0.25, 0.3) is 0 Å². The van der Waals surface area contributed by atoms with Gasteiger partial charge in [-0.3, -0.25) is 4.79 Å². The zero-order valence-corrected chi connectivity index (χ0v) is 20.5. The second-order valence-electron chi connectivity index (χ2n) is 10.7. The standard InChI is InChI=1S/C26H36F2N4O2/c1-15(2)9-18-11-19(12-18)24-30-31-25(32(24)20-6-7-20)21(26(27,28)14-33)13-23(34)29-22-8-5-16(3)10-17(22)4/h5,8,10,15,18-21,33H,6-7,9,11-14H2,1-4H3,(H,29,34). The molecule has 34 heavy (non-hydrogen) atoms. The van der Waals surface area contributed by atoms with Crippen molar-refractivity contribution in [2.75, 3.05) is 11.9 Å². The van der Waals surface area contributed by atoms with Gasteiger partial charge in [0, 0.05) is 24.1 Å². The van der Waals surface area contributed by atoms with Crippen molar-refractivity contribution in [1.82, 2.24) is 14.8 Å². The molecule has 186 valence electrons. The number of nitrogens with one attached hydrogen (secondary N) is 1. The molecule has 0 saturated heterocycles. The number of aliphatic hydroxyl groups is 1. The maximum atomic E-state index is 15.0. The van der Waals surface area contributed by atoms with Gasteiger partial charge in [-0.15, -0.1) is 10.2 Å². The van der Waals surface area contributed by atoms with Crippen LogP contribution in [0.15, 0.2) is 18.2 Å². The van der Waals surface area contributed by atoms with E-state index in [9.17, 15) is 18.7 Å². The quantitative estimate of drug-likeness (QED) is 0.476. The Balaban J connectivity index is 1.57. The zero-order valence-electron chi connectivity index (χ0n) is 20.5. The van der Waals surface area contributed by atoms with Crippen molar-refractivity contribution < 1.29 is 18.7 Å². The summed E-state index contributed by atoms with van der Waals surface area (Å²) in [6.45, 7) is 6.89. The molecule has 0 radical (unpaired) electrons. The lowest BCUT2D eigenvalue weighted by Crippen LogP contribution is -2.35. The Morgan fingerprint density at radius 1 is 1.24 bits per heavy atom. The first-order chi connectivity index (χ1) is 16.1. The summed E-state index contributed by atoms with van der Waals surface area (Å²) in [6, 6.07) is 5.67. The molecule has 2 saturated carbocycles. The first-order valence-electron chi connectivity index (χ1n) is 12.4. The van der Waals surface area contributed by atoms with E-state index in [1.54, 1.807) is 6.07 Å². The second-order valence-corrected chi connectivity index (χ2v) is 10.7. The van der Waals surface area contributed by atoms with Gasteiger partial charge in [0.15, 0.2) is 0 Å². The molecule has 1 aromatic carbocycles. The molecule has 0 aliphatic heterocycles. The van der Waals surface area contributed by atoms with Crippen LogP contribution in [0.1, 0.15) is 93.0 Å². The Bertz CT molecular complexity index is 1030. The van der Waals surface area contributed by atoms with E-state index in [1.165, 1.54) is 0 Å². The Labute approximate surface area is 200 Å². The minimum atomic E-state index is -3.49. The normalized spacial score (nSPS) is 21.4. The van der Waals surface area contributed by atoms with E-state index in [2.05, 4.69) is 29.4 Å². The SMILES string of the molecule is Cc1ccc(NC(=O)CC(c2nnc(C3CC(CC(C)C)C3)n2C2CC2)C(F)(F)CO)c(C)c1. The van der Waals surface area contributed by atoms with Gasteiger partial charge in [0.05, 0.1) is 5.92 Å². The van der Waals surface area contributed by atoms with Gasteiger partial charge in [-0.1, -0.05) is 31.5 Å². The molecule has 4 rings (SSSR count). The molecule has 2 aliphatic carbocycles. The van der Waals surface area contributed by atoms with E-state index in [1.807, 2.05) is 30.5 Å². The minimum absolute atomic E-state index is 0.101. The molecule has 2 N–H and O–H groups in total. The molecule has 8 heteroatoms. The van der Waals surface area contributed by atoms with Crippen molar-refractivity contribution in [2.24, 2.45) is 11.8 Å². The van der Waals surface area contributed by atoms with Crippen molar-refractivity contribution in [3.8, 4) is 0 Å². The summed E-state index contributed by atoms with van der Waals surface area (Å²) in [6.07, 6.45) is 4.46. The van der Waals surface area contributed by atoms with Crippen molar-refractivity contribution in [2.45, 2.75) is 90.0 Å². The van der Waals surface area contributed by atoms with Crippen molar-refractivity contribution >= 4 is 11.6 Å². The predicted octanol–water partition coefficient (Wildman–Crippen LogP) is 5.51. The van der Waals surface area contributed by atoms with Gasteiger partial charge < -0.3 is 15.0 Å². The van der Waals surface area contributed by atoms with Crippen molar-refractivity contribution in [3.05, 3.63) is 41.0 Å². The van der Waals surface area contributed by atoms with Crippen LogP contribution in [-0.2, 0) is 4.79 Å². The van der Waals surface area contributed by atoms with Crippen LogP contribution in [0.5, 0.6) is 0 Å². The monoisotopic (exact) mass is 474 g/mol. The van der Waals surface area contributed by atoms with Crippen LogP contribution < -0.4 is 5.32 Å². The lowest BCUT2D eigenvalue weighted by Gasteiger charge is -2.36. The highest BCUT2D eigenvalue weighted by molar-refractivity contribution is 5.92. The molecule has 1 atom stereocenters. The second kappa shape index (κ2) is 9.72. The summed E-state index contributed by atoms with van der Waals surface area (Å²) >= 11 is 0. The number of anilines is 1. The molecule has 6 nitrogen and oxygen atoms in total. The van der Waals surface area contributed by atoms with Gasteiger partial charge in [-0.05, 0) is 69.4 Å². The lowest BCUT2D eigenvalue weighted by molar-refractivity contribution is -0.122. The number of halogens is 2. The Morgan fingerprint density at radius 2 is 1.94 bits per heavy atom. The summed E-state index contributed by atoms with van der Waals surface area (Å²) in [7, 11) is 0. The number of alkyl halides is 2. The summed E-state index contributed by atoms with van der Waals surface area (Å²) in [4.78, 5) is 12.9. The van der Waals surface area contributed by atoms with Crippen LogP contribution >= 0.6 is 0 Å². The van der Waals surface area contributed by atoms with Gasteiger partial charge in [0.25, 0.3) is 5.92 Å². The van der Waals surface area contributed by atoms with Crippen LogP contribution in [0.4, 0.5) is 14.5 Å². The van der Waals surface area contributed by atoms with E-state index in [0.29, 0.717) is 17.5 Å². The first-order valence-corrected chi connectivity index (χ1v) is 12.4. The molecule has 2 aromatic rings. The minimum Gasteiger partial charge on any atom is -0.390 e. The largest absolute Gasteiger partial charge is 0.390 e. The maximum absolute atomic E-state index is 15.0. The number of benzene rings is 1. The number of aromatic nitrogens is 3. The average molecular weight is 475 g/mol. The van der Waals surface area contributed by atoms with Crippen LogP contribution in [0.2, 0.25) is 0 Å². The number of carbonyl (C=O) groups is 1. The summed E-state index contributed by atoms with van der Waals surface area (Å²) in [5.74, 6) is -3.18. The zero-order chi connectivity index (χ0) is 24.6. The van der Waals surface area contributed by atoms with Crippen molar-refractivity contribution in [1.29, 1.82) is 0 Å². The topological polar surface area (TPSA) is 80.0 Å². The highest BCUT2D eigenvalue weighted by Crippen LogP contribution is 2.49. The third-order valence-electron chi connectivity index (χ3n) is 7.14. The van der Waals surface area contributed by atoms with E-state index >= 15 is 0 Å². The molecule has 1 heterocycles. The Morgan fingerprint density at radius 3 is 2.53 bits per heavy atom. The summed E-state index contributed by atoms with van der Waals surface area (Å²) in [5, 5.41) is 20.8. The number of hydrogen-bond donors (Lipinski definition) is 2. The van der Waals surface area contributed by atoms with E-state index in [4.69, 9.17) is 0 Å². The van der Waals surface area contributed by atoms with E-state index < -0.39 is 30.8 Å². The van der Waals surface area contributed by atoms with Gasteiger partial charge in [0.1, 0.15) is 18.3 Å².